The highest BCUT2D eigenvalue weighted by atomic mass is 19.1. The minimum absolute atomic E-state index is 0.0291. The molecule has 1 aromatic rings. The molecule has 1 saturated heterocycles. The SMILES string of the molecule is N#Cc1c(F)ccc([C@@H]2CCCCN2)c1O. The van der Waals surface area contributed by atoms with Crippen molar-refractivity contribution in [3.8, 4) is 11.8 Å². The minimum Gasteiger partial charge on any atom is -0.506 e. The first kappa shape index (κ1) is 10.9. The van der Waals surface area contributed by atoms with Crippen LogP contribution in [-0.2, 0) is 0 Å². The van der Waals surface area contributed by atoms with Gasteiger partial charge in [-0.2, -0.15) is 5.26 Å². The number of phenols is 1. The average molecular weight is 220 g/mol. The van der Waals surface area contributed by atoms with Crippen molar-refractivity contribution < 1.29 is 9.50 Å². The molecule has 2 rings (SSSR count). The molecule has 2 N–H and O–H groups in total. The third-order valence-corrected chi connectivity index (χ3v) is 2.96. The zero-order valence-electron chi connectivity index (χ0n) is 8.83. The number of benzene rings is 1. The fraction of sp³-hybridized carbons (Fsp3) is 0.417. The van der Waals surface area contributed by atoms with Crippen molar-refractivity contribution >= 4 is 0 Å². The molecule has 0 saturated carbocycles. The lowest BCUT2D eigenvalue weighted by atomic mass is 9.95. The van der Waals surface area contributed by atoms with Crippen LogP contribution >= 0.6 is 0 Å². The normalized spacial score (nSPS) is 20.4. The van der Waals surface area contributed by atoms with E-state index in [9.17, 15) is 9.50 Å². The number of hydrogen-bond acceptors (Lipinski definition) is 3. The molecular weight excluding hydrogens is 207 g/mol. The molecule has 0 unspecified atom stereocenters. The summed E-state index contributed by atoms with van der Waals surface area (Å²) in [5.41, 5.74) is 0.363. The standard InChI is InChI=1S/C12H13FN2O/c13-10-5-4-8(12(16)9(10)7-14)11-3-1-2-6-15-11/h4-5,11,15-16H,1-3,6H2/t11-/m0/s1. The number of piperidine rings is 1. The van der Waals surface area contributed by atoms with Gasteiger partial charge in [0.15, 0.2) is 0 Å². The van der Waals surface area contributed by atoms with Gasteiger partial charge in [-0.05, 0) is 25.5 Å². The molecular formula is C12H13FN2O. The smallest absolute Gasteiger partial charge is 0.144 e. The molecule has 0 aromatic heterocycles. The highest BCUT2D eigenvalue weighted by Crippen LogP contribution is 2.33. The fourth-order valence-electron chi connectivity index (χ4n) is 2.09. The Morgan fingerprint density at radius 3 is 2.88 bits per heavy atom. The molecule has 16 heavy (non-hydrogen) atoms. The van der Waals surface area contributed by atoms with Gasteiger partial charge >= 0.3 is 0 Å². The van der Waals surface area contributed by atoms with Gasteiger partial charge in [0.25, 0.3) is 0 Å². The van der Waals surface area contributed by atoms with Gasteiger partial charge in [0.2, 0.25) is 0 Å². The van der Waals surface area contributed by atoms with E-state index in [1.165, 1.54) is 6.07 Å². The first-order valence-electron chi connectivity index (χ1n) is 5.39. The molecule has 3 nitrogen and oxygen atoms in total. The zero-order valence-corrected chi connectivity index (χ0v) is 8.83. The van der Waals surface area contributed by atoms with Gasteiger partial charge in [0.05, 0.1) is 0 Å². The maximum absolute atomic E-state index is 13.2. The van der Waals surface area contributed by atoms with Crippen molar-refractivity contribution in [2.24, 2.45) is 0 Å². The quantitative estimate of drug-likeness (QED) is 0.763. The molecule has 0 radical (unpaired) electrons. The Morgan fingerprint density at radius 1 is 1.44 bits per heavy atom. The summed E-state index contributed by atoms with van der Waals surface area (Å²) >= 11 is 0. The molecule has 0 amide bonds. The van der Waals surface area contributed by atoms with Crippen molar-refractivity contribution in [3.63, 3.8) is 0 Å². The maximum Gasteiger partial charge on any atom is 0.144 e. The van der Waals surface area contributed by atoms with E-state index >= 15 is 0 Å². The Labute approximate surface area is 93.5 Å². The van der Waals surface area contributed by atoms with Crippen molar-refractivity contribution in [2.75, 3.05) is 6.54 Å². The molecule has 0 spiro atoms. The Morgan fingerprint density at radius 2 is 2.25 bits per heavy atom. The number of aromatic hydroxyl groups is 1. The van der Waals surface area contributed by atoms with E-state index in [1.807, 2.05) is 0 Å². The summed E-state index contributed by atoms with van der Waals surface area (Å²) in [5.74, 6) is -0.888. The van der Waals surface area contributed by atoms with Crippen molar-refractivity contribution in [1.29, 1.82) is 5.26 Å². The van der Waals surface area contributed by atoms with Gasteiger partial charge in [-0.25, -0.2) is 4.39 Å². The molecule has 84 valence electrons. The number of phenolic OH excluding ortho intramolecular Hbond substituents is 1. The van der Waals surface area contributed by atoms with Gasteiger partial charge in [-0.15, -0.1) is 0 Å². The van der Waals surface area contributed by atoms with Crippen LogP contribution in [0.4, 0.5) is 4.39 Å². The second-order valence-corrected chi connectivity index (χ2v) is 3.97. The van der Waals surface area contributed by atoms with Crippen LogP contribution in [0, 0.1) is 17.1 Å². The maximum atomic E-state index is 13.2. The number of nitrogens with one attached hydrogen (secondary N) is 1. The lowest BCUT2D eigenvalue weighted by Gasteiger charge is -2.24. The predicted octanol–water partition coefficient (Wildman–Crippen LogP) is 2.22. The van der Waals surface area contributed by atoms with Crippen LogP contribution in [0.3, 0.4) is 0 Å². The third-order valence-electron chi connectivity index (χ3n) is 2.96. The second-order valence-electron chi connectivity index (χ2n) is 3.97. The highest BCUT2D eigenvalue weighted by Gasteiger charge is 2.21. The molecule has 0 aliphatic carbocycles. The summed E-state index contributed by atoms with van der Waals surface area (Å²) in [5, 5.41) is 21.8. The summed E-state index contributed by atoms with van der Waals surface area (Å²) in [6, 6.07) is 4.51. The first-order chi connectivity index (χ1) is 7.74. The zero-order chi connectivity index (χ0) is 11.5. The van der Waals surface area contributed by atoms with Gasteiger partial charge in [0.1, 0.15) is 23.2 Å². The van der Waals surface area contributed by atoms with Crippen LogP contribution in [0.15, 0.2) is 12.1 Å². The topological polar surface area (TPSA) is 56.0 Å². The van der Waals surface area contributed by atoms with Crippen LogP contribution in [0.2, 0.25) is 0 Å². The van der Waals surface area contributed by atoms with E-state index in [0.717, 1.165) is 25.8 Å². The molecule has 1 fully saturated rings. The summed E-state index contributed by atoms with van der Waals surface area (Å²) in [7, 11) is 0. The fourth-order valence-corrected chi connectivity index (χ4v) is 2.09. The summed E-state index contributed by atoms with van der Waals surface area (Å²) < 4.78 is 13.2. The van der Waals surface area contributed by atoms with Gasteiger partial charge in [0, 0.05) is 11.6 Å². The van der Waals surface area contributed by atoms with Crippen molar-refractivity contribution in [3.05, 3.63) is 29.1 Å². The van der Waals surface area contributed by atoms with Crippen molar-refractivity contribution in [1.82, 2.24) is 5.32 Å². The van der Waals surface area contributed by atoms with Crippen LogP contribution in [0.25, 0.3) is 0 Å². The van der Waals surface area contributed by atoms with Crippen LogP contribution in [-0.4, -0.2) is 11.7 Å². The number of nitriles is 1. The second kappa shape index (κ2) is 4.50. The van der Waals surface area contributed by atoms with Crippen LogP contribution in [0.1, 0.15) is 36.4 Å². The number of halogens is 1. The Bertz CT molecular complexity index is 433. The Hall–Kier alpha value is -1.60. The molecule has 1 aliphatic rings. The molecule has 1 aromatic carbocycles. The summed E-state index contributed by atoms with van der Waals surface area (Å²) in [6.07, 6.45) is 3.10. The predicted molar refractivity (Wildman–Crippen MR) is 57.4 cm³/mol. The highest BCUT2D eigenvalue weighted by molar-refractivity contribution is 5.49. The summed E-state index contributed by atoms with van der Waals surface area (Å²) in [4.78, 5) is 0. The third kappa shape index (κ3) is 1.86. The van der Waals surface area contributed by atoms with Gasteiger partial charge < -0.3 is 10.4 Å². The number of nitrogens with zero attached hydrogens (tertiary/aromatic N) is 1. The minimum atomic E-state index is -0.667. The molecule has 1 aliphatic heterocycles. The largest absolute Gasteiger partial charge is 0.506 e. The van der Waals surface area contributed by atoms with Crippen LogP contribution in [0.5, 0.6) is 5.75 Å². The van der Waals surface area contributed by atoms with E-state index in [2.05, 4.69) is 5.32 Å². The van der Waals surface area contributed by atoms with E-state index in [4.69, 9.17) is 5.26 Å². The van der Waals surface area contributed by atoms with Crippen molar-refractivity contribution in [2.45, 2.75) is 25.3 Å². The average Bonchev–Trinajstić information content (AvgIpc) is 2.31. The first-order valence-corrected chi connectivity index (χ1v) is 5.39. The van der Waals surface area contributed by atoms with E-state index in [0.29, 0.717) is 5.56 Å². The Kier molecular flexibility index (Phi) is 3.07. The lowest BCUT2D eigenvalue weighted by Crippen LogP contribution is -2.26. The van der Waals surface area contributed by atoms with E-state index in [1.54, 1.807) is 12.1 Å². The van der Waals surface area contributed by atoms with Crippen LogP contribution < -0.4 is 5.32 Å². The number of hydrogen-bond donors (Lipinski definition) is 2. The molecule has 1 atom stereocenters. The Balaban J connectivity index is 2.38. The summed E-state index contributed by atoms with van der Waals surface area (Å²) in [6.45, 7) is 0.892. The van der Waals surface area contributed by atoms with E-state index in [-0.39, 0.29) is 17.4 Å². The molecule has 0 bridgehead atoms. The van der Waals surface area contributed by atoms with Gasteiger partial charge in [-0.1, -0.05) is 12.5 Å². The molecule has 1 heterocycles. The lowest BCUT2D eigenvalue weighted by molar-refractivity contribution is 0.388. The monoisotopic (exact) mass is 220 g/mol. The van der Waals surface area contributed by atoms with Gasteiger partial charge in [-0.3, -0.25) is 0 Å². The van der Waals surface area contributed by atoms with E-state index < -0.39 is 5.82 Å². The molecule has 4 heteroatoms. The number of rotatable bonds is 1.